The summed E-state index contributed by atoms with van der Waals surface area (Å²) in [6.07, 6.45) is 4.71. The van der Waals surface area contributed by atoms with E-state index in [2.05, 4.69) is 60.7 Å². The number of carboxylic acid groups (broad SMARTS) is 1. The van der Waals surface area contributed by atoms with Crippen molar-refractivity contribution in [2.45, 2.75) is 38.6 Å². The van der Waals surface area contributed by atoms with E-state index in [1.807, 2.05) is 18.0 Å². The molecule has 0 unspecified atom stereocenters. The van der Waals surface area contributed by atoms with Crippen LogP contribution >= 0.6 is 0 Å². The highest BCUT2D eigenvalue weighted by Crippen LogP contribution is 2.23. The molecule has 0 fully saturated rings. The zero-order valence-electron chi connectivity index (χ0n) is 17.7. The van der Waals surface area contributed by atoms with Gasteiger partial charge in [-0.25, -0.2) is 0 Å². The summed E-state index contributed by atoms with van der Waals surface area (Å²) in [4.78, 5) is 12.7. The van der Waals surface area contributed by atoms with Gasteiger partial charge in [0.25, 0.3) is 0 Å². The molecule has 0 amide bonds. The van der Waals surface area contributed by atoms with Gasteiger partial charge in [0, 0.05) is 13.1 Å². The number of aryl methyl sites for hydroxylation is 1. The molecular formula is C26H31NO3. The first-order chi connectivity index (χ1) is 14.6. The van der Waals surface area contributed by atoms with Gasteiger partial charge in [-0.3, -0.25) is 4.79 Å². The molecule has 0 atom stereocenters. The predicted molar refractivity (Wildman–Crippen MR) is 122 cm³/mol. The molecule has 0 saturated carbocycles. The van der Waals surface area contributed by atoms with E-state index in [1.54, 1.807) is 0 Å². The minimum atomic E-state index is -0.760. The van der Waals surface area contributed by atoms with Crippen LogP contribution in [0.25, 0.3) is 10.8 Å². The summed E-state index contributed by atoms with van der Waals surface area (Å²) in [6.45, 7) is 2.03. The van der Waals surface area contributed by atoms with Gasteiger partial charge in [0.05, 0.1) is 13.0 Å². The Morgan fingerprint density at radius 1 is 0.900 bits per heavy atom. The third kappa shape index (κ3) is 7.20. The zero-order chi connectivity index (χ0) is 21.2. The fourth-order valence-electron chi connectivity index (χ4n) is 3.58. The molecular weight excluding hydrogens is 374 g/mol. The summed E-state index contributed by atoms with van der Waals surface area (Å²) < 4.78 is 5.95. The molecule has 1 N–H and O–H groups in total. The molecule has 0 saturated heterocycles. The standard InChI is InChI=1S/C26H31NO3/c1-27(16-15-26(28)29)20-22-11-12-24-19-25(14-13-23(24)18-22)30-17-7-3-6-10-21-8-4-2-5-9-21/h2,4-5,8-9,11-14,18-19H,3,6-7,10,15-17,20H2,1H3,(H,28,29). The first kappa shape index (κ1) is 21.8. The van der Waals surface area contributed by atoms with Crippen molar-refractivity contribution in [1.29, 1.82) is 0 Å². The van der Waals surface area contributed by atoms with Crippen molar-refractivity contribution in [3.05, 3.63) is 77.9 Å². The Morgan fingerprint density at radius 3 is 2.47 bits per heavy atom. The zero-order valence-corrected chi connectivity index (χ0v) is 17.7. The molecule has 158 valence electrons. The fourth-order valence-corrected chi connectivity index (χ4v) is 3.58. The van der Waals surface area contributed by atoms with Gasteiger partial charge in [0.2, 0.25) is 0 Å². The molecule has 4 heteroatoms. The van der Waals surface area contributed by atoms with E-state index in [0.29, 0.717) is 6.54 Å². The Bertz CT molecular complexity index is 939. The number of hydrogen-bond acceptors (Lipinski definition) is 3. The second-order valence-electron chi connectivity index (χ2n) is 7.87. The Kier molecular flexibility index (Phi) is 8.28. The van der Waals surface area contributed by atoms with E-state index in [-0.39, 0.29) is 6.42 Å². The number of aliphatic carboxylic acids is 1. The highest BCUT2D eigenvalue weighted by Gasteiger charge is 2.05. The van der Waals surface area contributed by atoms with Gasteiger partial charge in [-0.2, -0.15) is 0 Å². The lowest BCUT2D eigenvalue weighted by Gasteiger charge is -2.16. The van der Waals surface area contributed by atoms with Crippen LogP contribution in [0, 0.1) is 0 Å². The minimum Gasteiger partial charge on any atom is -0.494 e. The highest BCUT2D eigenvalue weighted by atomic mass is 16.5. The van der Waals surface area contributed by atoms with Crippen molar-refractivity contribution < 1.29 is 14.6 Å². The van der Waals surface area contributed by atoms with Gasteiger partial charge in [-0.15, -0.1) is 0 Å². The Hall–Kier alpha value is -2.85. The molecule has 0 spiro atoms. The van der Waals surface area contributed by atoms with Gasteiger partial charge >= 0.3 is 5.97 Å². The maximum Gasteiger partial charge on any atom is 0.304 e. The number of carboxylic acids is 1. The van der Waals surface area contributed by atoms with Crippen LogP contribution in [0.1, 0.15) is 36.8 Å². The molecule has 0 aliphatic carbocycles. The van der Waals surface area contributed by atoms with Gasteiger partial charge in [0.15, 0.2) is 0 Å². The van der Waals surface area contributed by atoms with Crippen LogP contribution in [0.3, 0.4) is 0 Å². The lowest BCUT2D eigenvalue weighted by molar-refractivity contribution is -0.137. The Morgan fingerprint density at radius 2 is 1.67 bits per heavy atom. The summed E-state index contributed by atoms with van der Waals surface area (Å²) in [5.41, 5.74) is 2.59. The fraction of sp³-hybridized carbons (Fsp3) is 0.346. The van der Waals surface area contributed by atoms with E-state index in [4.69, 9.17) is 9.84 Å². The highest BCUT2D eigenvalue weighted by molar-refractivity contribution is 5.84. The monoisotopic (exact) mass is 405 g/mol. The molecule has 3 aromatic rings. The Labute approximate surface area is 179 Å². The maximum absolute atomic E-state index is 10.7. The van der Waals surface area contributed by atoms with Gasteiger partial charge < -0.3 is 14.7 Å². The second-order valence-corrected chi connectivity index (χ2v) is 7.87. The third-order valence-electron chi connectivity index (χ3n) is 5.26. The lowest BCUT2D eigenvalue weighted by atomic mass is 10.1. The summed E-state index contributed by atoms with van der Waals surface area (Å²) in [6, 6.07) is 23.2. The molecule has 0 aliphatic rings. The maximum atomic E-state index is 10.7. The van der Waals surface area contributed by atoms with Crippen LogP contribution in [-0.2, 0) is 17.8 Å². The van der Waals surface area contributed by atoms with Crippen molar-refractivity contribution in [1.82, 2.24) is 4.90 Å². The lowest BCUT2D eigenvalue weighted by Crippen LogP contribution is -2.21. The van der Waals surface area contributed by atoms with Crippen molar-refractivity contribution in [3.63, 3.8) is 0 Å². The number of benzene rings is 3. The first-order valence-corrected chi connectivity index (χ1v) is 10.7. The summed E-state index contributed by atoms with van der Waals surface area (Å²) in [5, 5.41) is 11.1. The molecule has 3 rings (SSSR count). The quantitative estimate of drug-likeness (QED) is 0.402. The second kappa shape index (κ2) is 11.4. The number of hydrogen-bond donors (Lipinski definition) is 1. The van der Waals surface area contributed by atoms with Gasteiger partial charge in [0.1, 0.15) is 5.75 Å². The van der Waals surface area contributed by atoms with E-state index in [0.717, 1.165) is 37.1 Å². The van der Waals surface area contributed by atoms with Crippen LogP contribution in [0.2, 0.25) is 0 Å². The number of unbranched alkanes of at least 4 members (excludes halogenated alkanes) is 2. The van der Waals surface area contributed by atoms with E-state index in [9.17, 15) is 4.79 Å². The normalized spacial score (nSPS) is 11.1. The van der Waals surface area contributed by atoms with Crippen molar-refractivity contribution in [2.24, 2.45) is 0 Å². The van der Waals surface area contributed by atoms with E-state index < -0.39 is 5.97 Å². The van der Waals surface area contributed by atoms with Crippen LogP contribution < -0.4 is 4.74 Å². The molecule has 3 aromatic carbocycles. The number of rotatable bonds is 12. The SMILES string of the molecule is CN(CCC(=O)O)Cc1ccc2cc(OCCCCCc3ccccc3)ccc2c1. The van der Waals surface area contributed by atoms with Gasteiger partial charge in [-0.1, -0.05) is 48.5 Å². The minimum absolute atomic E-state index is 0.164. The van der Waals surface area contributed by atoms with Crippen LogP contribution in [-0.4, -0.2) is 36.2 Å². The smallest absolute Gasteiger partial charge is 0.304 e. The van der Waals surface area contributed by atoms with Gasteiger partial charge in [-0.05, 0) is 72.8 Å². The summed E-state index contributed by atoms with van der Waals surface area (Å²) in [5.74, 6) is 0.154. The predicted octanol–water partition coefficient (Wildman–Crippen LogP) is 5.54. The molecule has 30 heavy (non-hydrogen) atoms. The van der Waals surface area contributed by atoms with E-state index >= 15 is 0 Å². The molecule has 0 radical (unpaired) electrons. The average molecular weight is 406 g/mol. The van der Waals surface area contributed by atoms with Crippen LogP contribution in [0.15, 0.2) is 66.7 Å². The van der Waals surface area contributed by atoms with Crippen molar-refractivity contribution in [2.75, 3.05) is 20.2 Å². The molecule has 0 bridgehead atoms. The third-order valence-corrected chi connectivity index (χ3v) is 5.26. The molecule has 0 aliphatic heterocycles. The number of fused-ring (bicyclic) bond motifs is 1. The summed E-state index contributed by atoms with van der Waals surface area (Å²) >= 11 is 0. The topological polar surface area (TPSA) is 49.8 Å². The van der Waals surface area contributed by atoms with Crippen LogP contribution in [0.4, 0.5) is 0 Å². The van der Waals surface area contributed by atoms with Crippen LogP contribution in [0.5, 0.6) is 5.75 Å². The van der Waals surface area contributed by atoms with E-state index in [1.165, 1.54) is 29.4 Å². The average Bonchev–Trinajstić information content (AvgIpc) is 2.75. The largest absolute Gasteiger partial charge is 0.494 e. The molecule has 4 nitrogen and oxygen atoms in total. The number of nitrogens with zero attached hydrogens (tertiary/aromatic N) is 1. The summed E-state index contributed by atoms with van der Waals surface area (Å²) in [7, 11) is 1.95. The number of ether oxygens (including phenoxy) is 1. The first-order valence-electron chi connectivity index (χ1n) is 10.7. The Balaban J connectivity index is 1.43. The van der Waals surface area contributed by atoms with Crippen molar-refractivity contribution >= 4 is 16.7 Å². The van der Waals surface area contributed by atoms with Crippen molar-refractivity contribution in [3.8, 4) is 5.75 Å². The molecule has 0 heterocycles. The number of carbonyl (C=O) groups is 1. The molecule has 0 aromatic heterocycles.